The first-order valence-corrected chi connectivity index (χ1v) is 9.18. The minimum Gasteiger partial charge on any atom is -0.362 e. The van der Waals surface area contributed by atoms with Crippen molar-refractivity contribution in [1.29, 1.82) is 0 Å². The van der Waals surface area contributed by atoms with Gasteiger partial charge in [-0.2, -0.15) is 0 Å². The van der Waals surface area contributed by atoms with Crippen LogP contribution in [0.1, 0.15) is 47.6 Å². The summed E-state index contributed by atoms with van der Waals surface area (Å²) in [6.07, 6.45) is 4.10. The summed E-state index contributed by atoms with van der Waals surface area (Å²) in [5.41, 5.74) is 9.77. The summed E-state index contributed by atoms with van der Waals surface area (Å²) >= 11 is 0. The van der Waals surface area contributed by atoms with Crippen LogP contribution in [0, 0.1) is 20.8 Å². The molecule has 0 bridgehead atoms. The van der Waals surface area contributed by atoms with E-state index >= 15 is 0 Å². The van der Waals surface area contributed by atoms with Gasteiger partial charge >= 0.3 is 0 Å². The molecule has 3 heteroatoms. The zero-order valence-electron chi connectivity index (χ0n) is 16.7. The summed E-state index contributed by atoms with van der Waals surface area (Å²) in [5.74, 6) is 1.10. The molecular formula is C23H29N3. The van der Waals surface area contributed by atoms with Crippen LogP contribution in [0.4, 0.5) is 0 Å². The van der Waals surface area contributed by atoms with E-state index in [1.54, 1.807) is 0 Å². The lowest BCUT2D eigenvalue weighted by Crippen LogP contribution is -2.33. The highest BCUT2D eigenvalue weighted by Gasteiger charge is 2.22. The van der Waals surface area contributed by atoms with E-state index in [1.165, 1.54) is 33.5 Å². The van der Waals surface area contributed by atoms with Gasteiger partial charge in [0.2, 0.25) is 0 Å². The molecule has 1 aromatic heterocycles. The number of hydrogen-bond donors (Lipinski definition) is 0. The first kappa shape index (κ1) is 18.2. The lowest BCUT2D eigenvalue weighted by atomic mass is 9.99. The van der Waals surface area contributed by atoms with Crippen molar-refractivity contribution in [2.24, 2.45) is 0 Å². The molecular weight excluding hydrogens is 318 g/mol. The van der Waals surface area contributed by atoms with Crippen molar-refractivity contribution in [2.45, 2.75) is 47.7 Å². The Morgan fingerprint density at radius 3 is 2.35 bits per heavy atom. The van der Waals surface area contributed by atoms with Crippen LogP contribution in [-0.2, 0) is 13.1 Å². The van der Waals surface area contributed by atoms with E-state index in [2.05, 4.69) is 73.5 Å². The zero-order valence-corrected chi connectivity index (χ0v) is 16.7. The SMILES string of the molecule is C=C(C)/C=C(\C)c1cnc2n1CCN(C(=C)c1cc(C)c(C)c(C)c1)C2. The van der Waals surface area contributed by atoms with Crippen molar-refractivity contribution in [3.05, 3.63) is 76.9 Å². The van der Waals surface area contributed by atoms with E-state index in [4.69, 9.17) is 0 Å². The van der Waals surface area contributed by atoms with Gasteiger partial charge < -0.3 is 9.47 Å². The topological polar surface area (TPSA) is 21.1 Å². The maximum absolute atomic E-state index is 4.67. The third-order valence-corrected chi connectivity index (χ3v) is 5.37. The number of allylic oxidation sites excluding steroid dienone is 3. The lowest BCUT2D eigenvalue weighted by molar-refractivity contribution is 0.313. The second-order valence-electron chi connectivity index (χ2n) is 7.49. The fourth-order valence-corrected chi connectivity index (χ4v) is 3.63. The van der Waals surface area contributed by atoms with Crippen LogP contribution >= 0.6 is 0 Å². The molecule has 136 valence electrons. The molecule has 3 rings (SSSR count). The van der Waals surface area contributed by atoms with E-state index in [0.29, 0.717) is 0 Å². The maximum atomic E-state index is 4.67. The molecule has 0 unspecified atom stereocenters. The van der Waals surface area contributed by atoms with Crippen LogP contribution < -0.4 is 0 Å². The Bertz CT molecular complexity index is 889. The Labute approximate surface area is 157 Å². The average molecular weight is 348 g/mol. The average Bonchev–Trinajstić information content (AvgIpc) is 3.01. The van der Waals surface area contributed by atoms with Gasteiger partial charge in [-0.05, 0) is 74.6 Å². The number of aromatic nitrogens is 2. The number of rotatable bonds is 4. The molecule has 2 aromatic rings. The molecule has 26 heavy (non-hydrogen) atoms. The summed E-state index contributed by atoms with van der Waals surface area (Å²) in [5, 5.41) is 0. The van der Waals surface area contributed by atoms with Gasteiger partial charge in [0.1, 0.15) is 5.82 Å². The van der Waals surface area contributed by atoms with E-state index < -0.39 is 0 Å². The standard InChI is InChI=1S/C23H29N3/c1-15(2)10-18(5)22-13-24-23-14-25(8-9-26(22)23)20(7)21-11-16(3)19(6)17(4)12-21/h10-13H,1,7-9,14H2,2-6H3/b18-10+. The molecule has 0 aliphatic carbocycles. The molecule has 1 aliphatic heterocycles. The van der Waals surface area contributed by atoms with Gasteiger partial charge in [0.15, 0.2) is 0 Å². The molecule has 3 nitrogen and oxygen atoms in total. The number of hydrogen-bond acceptors (Lipinski definition) is 2. The Morgan fingerprint density at radius 2 is 1.73 bits per heavy atom. The molecule has 2 heterocycles. The van der Waals surface area contributed by atoms with Gasteiger partial charge in [-0.25, -0.2) is 4.98 Å². The highest BCUT2D eigenvalue weighted by molar-refractivity contribution is 5.65. The van der Waals surface area contributed by atoms with Crippen LogP contribution in [0.5, 0.6) is 0 Å². The van der Waals surface area contributed by atoms with E-state index in [1.807, 2.05) is 13.1 Å². The summed E-state index contributed by atoms with van der Waals surface area (Å²) in [6, 6.07) is 4.49. The van der Waals surface area contributed by atoms with Crippen molar-refractivity contribution in [2.75, 3.05) is 6.54 Å². The molecule has 0 fully saturated rings. The molecule has 0 radical (unpaired) electrons. The van der Waals surface area contributed by atoms with E-state index in [0.717, 1.165) is 36.7 Å². The maximum Gasteiger partial charge on any atom is 0.128 e. The predicted molar refractivity (Wildman–Crippen MR) is 111 cm³/mol. The summed E-state index contributed by atoms with van der Waals surface area (Å²) in [7, 11) is 0. The van der Waals surface area contributed by atoms with Gasteiger partial charge in [0.25, 0.3) is 0 Å². The van der Waals surface area contributed by atoms with Crippen LogP contribution in [0.15, 0.2) is 43.1 Å². The summed E-state index contributed by atoms with van der Waals surface area (Å²) < 4.78 is 2.32. The molecule has 1 aliphatic rings. The van der Waals surface area contributed by atoms with Gasteiger partial charge in [-0.1, -0.05) is 24.8 Å². The minimum absolute atomic E-state index is 0.797. The molecule has 0 amide bonds. The predicted octanol–water partition coefficient (Wildman–Crippen LogP) is 5.27. The molecule has 0 saturated heterocycles. The number of imidazole rings is 1. The van der Waals surface area contributed by atoms with Gasteiger partial charge in [-0.3, -0.25) is 0 Å². The number of benzene rings is 1. The van der Waals surface area contributed by atoms with Crippen LogP contribution in [0.3, 0.4) is 0 Å². The van der Waals surface area contributed by atoms with Gasteiger partial charge in [-0.15, -0.1) is 0 Å². The lowest BCUT2D eigenvalue weighted by Gasteiger charge is -2.32. The Morgan fingerprint density at radius 1 is 1.08 bits per heavy atom. The van der Waals surface area contributed by atoms with Crippen molar-refractivity contribution in [3.63, 3.8) is 0 Å². The quantitative estimate of drug-likeness (QED) is 0.702. The molecule has 0 saturated carbocycles. The Kier molecular flexibility index (Phi) is 4.90. The van der Waals surface area contributed by atoms with Crippen molar-refractivity contribution < 1.29 is 0 Å². The summed E-state index contributed by atoms with van der Waals surface area (Å²) in [4.78, 5) is 7.01. The van der Waals surface area contributed by atoms with E-state index in [-0.39, 0.29) is 0 Å². The second kappa shape index (κ2) is 6.99. The second-order valence-corrected chi connectivity index (χ2v) is 7.49. The number of nitrogens with zero attached hydrogens (tertiary/aromatic N) is 3. The first-order valence-electron chi connectivity index (χ1n) is 9.18. The summed E-state index contributed by atoms with van der Waals surface area (Å²) in [6.45, 7) is 21.7. The van der Waals surface area contributed by atoms with Gasteiger partial charge in [0.05, 0.1) is 18.4 Å². The smallest absolute Gasteiger partial charge is 0.128 e. The fraction of sp³-hybridized carbons (Fsp3) is 0.348. The van der Waals surface area contributed by atoms with Crippen molar-refractivity contribution >= 4 is 11.3 Å². The third kappa shape index (κ3) is 3.39. The molecule has 1 aromatic carbocycles. The van der Waals surface area contributed by atoms with E-state index in [9.17, 15) is 0 Å². The highest BCUT2D eigenvalue weighted by Crippen LogP contribution is 2.28. The molecule has 0 N–H and O–H groups in total. The van der Waals surface area contributed by atoms with Crippen molar-refractivity contribution in [1.82, 2.24) is 14.5 Å². The number of fused-ring (bicyclic) bond motifs is 1. The molecule has 0 spiro atoms. The van der Waals surface area contributed by atoms with Crippen LogP contribution in [0.25, 0.3) is 11.3 Å². The third-order valence-electron chi connectivity index (χ3n) is 5.37. The monoisotopic (exact) mass is 347 g/mol. The number of aryl methyl sites for hydroxylation is 2. The minimum atomic E-state index is 0.797. The molecule has 0 atom stereocenters. The largest absolute Gasteiger partial charge is 0.362 e. The van der Waals surface area contributed by atoms with Crippen molar-refractivity contribution in [3.8, 4) is 0 Å². The normalized spacial score (nSPS) is 14.3. The Hall–Kier alpha value is -2.55. The van der Waals surface area contributed by atoms with Gasteiger partial charge in [0, 0.05) is 18.8 Å². The highest BCUT2D eigenvalue weighted by atomic mass is 15.2. The van der Waals surface area contributed by atoms with Crippen LogP contribution in [-0.4, -0.2) is 21.0 Å². The van der Waals surface area contributed by atoms with Crippen LogP contribution in [0.2, 0.25) is 0 Å². The zero-order chi connectivity index (χ0) is 19.0. The fourth-order valence-electron chi connectivity index (χ4n) is 3.63. The Balaban J connectivity index is 1.84. The first-order chi connectivity index (χ1) is 12.3.